The van der Waals surface area contributed by atoms with Crippen LogP contribution in [0.15, 0.2) is 40.6 Å². The molecule has 2 aliphatic heterocycles. The molecule has 1 atom stereocenters. The van der Waals surface area contributed by atoms with E-state index in [0.717, 1.165) is 37.7 Å². The van der Waals surface area contributed by atoms with Gasteiger partial charge in [-0.15, -0.1) is 11.3 Å². The van der Waals surface area contributed by atoms with Crippen molar-refractivity contribution in [3.8, 4) is 0 Å². The fourth-order valence-electron chi connectivity index (χ4n) is 4.50. The first-order valence-electron chi connectivity index (χ1n) is 11.1. The number of fused-ring (bicyclic) bond motifs is 1. The summed E-state index contributed by atoms with van der Waals surface area (Å²) in [6.45, 7) is 3.00. The van der Waals surface area contributed by atoms with E-state index in [1.54, 1.807) is 33.8 Å². The van der Waals surface area contributed by atoms with E-state index in [0.29, 0.717) is 31.7 Å². The molecule has 0 radical (unpaired) electrons. The molecule has 2 amide bonds. The lowest BCUT2D eigenvalue weighted by molar-refractivity contribution is -0.125. The molecule has 32 heavy (non-hydrogen) atoms. The first-order valence-corrected chi connectivity index (χ1v) is 13.4. The van der Waals surface area contributed by atoms with Crippen LogP contribution < -0.4 is 10.2 Å². The summed E-state index contributed by atoms with van der Waals surface area (Å²) in [6.07, 6.45) is 4.89. The second-order valence-electron chi connectivity index (χ2n) is 8.34. The van der Waals surface area contributed by atoms with Gasteiger partial charge in [-0.25, -0.2) is 8.42 Å². The van der Waals surface area contributed by atoms with Gasteiger partial charge in [0.1, 0.15) is 6.04 Å². The first kappa shape index (κ1) is 22.9. The highest BCUT2D eigenvalue weighted by atomic mass is 32.2. The summed E-state index contributed by atoms with van der Waals surface area (Å²) in [5, 5.41) is 4.93. The molecular formula is C23H29N3O4S2. The van der Waals surface area contributed by atoms with Gasteiger partial charge >= 0.3 is 0 Å². The Balaban J connectivity index is 1.51. The Morgan fingerprint density at radius 1 is 1.12 bits per heavy atom. The molecule has 1 N–H and O–H groups in total. The predicted octanol–water partition coefficient (Wildman–Crippen LogP) is 2.95. The number of benzene rings is 1. The first-order chi connectivity index (χ1) is 15.4. The molecule has 0 aliphatic carbocycles. The molecule has 9 heteroatoms. The lowest BCUT2D eigenvalue weighted by Crippen LogP contribution is -2.47. The van der Waals surface area contributed by atoms with E-state index in [2.05, 4.69) is 5.32 Å². The average Bonchev–Trinajstić information content (AvgIpc) is 3.32. The number of thiophene rings is 1. The second kappa shape index (κ2) is 9.72. The molecule has 1 saturated heterocycles. The number of anilines is 1. The summed E-state index contributed by atoms with van der Waals surface area (Å²) in [5.74, 6) is -0.449. The van der Waals surface area contributed by atoms with Crippen molar-refractivity contribution in [1.82, 2.24) is 9.62 Å². The van der Waals surface area contributed by atoms with Gasteiger partial charge in [-0.05, 0) is 54.5 Å². The van der Waals surface area contributed by atoms with Crippen molar-refractivity contribution in [3.05, 3.63) is 46.2 Å². The minimum absolute atomic E-state index is 0.218. The maximum absolute atomic E-state index is 13.2. The van der Waals surface area contributed by atoms with Gasteiger partial charge in [0.2, 0.25) is 21.8 Å². The van der Waals surface area contributed by atoms with Crippen LogP contribution in [0.1, 0.15) is 43.0 Å². The van der Waals surface area contributed by atoms with Gasteiger partial charge in [0.25, 0.3) is 0 Å². The zero-order chi connectivity index (χ0) is 22.7. The van der Waals surface area contributed by atoms with Crippen LogP contribution in [-0.2, 0) is 32.5 Å². The molecule has 1 aromatic carbocycles. The summed E-state index contributed by atoms with van der Waals surface area (Å²) in [4.78, 5) is 28.2. The number of carbonyl (C=O) groups is 2. The van der Waals surface area contributed by atoms with E-state index < -0.39 is 16.1 Å². The van der Waals surface area contributed by atoms with Crippen molar-refractivity contribution in [1.29, 1.82) is 0 Å². The monoisotopic (exact) mass is 475 g/mol. The molecule has 2 aliphatic rings. The molecule has 0 spiro atoms. The molecule has 0 bridgehead atoms. The van der Waals surface area contributed by atoms with Gasteiger partial charge < -0.3 is 5.32 Å². The van der Waals surface area contributed by atoms with Crippen molar-refractivity contribution in [2.24, 2.45) is 0 Å². The zero-order valence-corrected chi connectivity index (χ0v) is 19.9. The van der Waals surface area contributed by atoms with Crippen LogP contribution in [0.2, 0.25) is 0 Å². The molecule has 0 unspecified atom stereocenters. The SMILES string of the molecule is CC(=O)N1c2ccc(S(=O)(=O)N3CCCCCC3)cc2C[C@@H]1C(=O)NCCc1cccs1. The van der Waals surface area contributed by atoms with Crippen molar-refractivity contribution in [2.75, 3.05) is 24.5 Å². The molecule has 1 aromatic heterocycles. The van der Waals surface area contributed by atoms with Gasteiger partial charge in [0.15, 0.2) is 0 Å². The molecule has 0 saturated carbocycles. The minimum atomic E-state index is -3.59. The smallest absolute Gasteiger partial charge is 0.243 e. The van der Waals surface area contributed by atoms with Crippen LogP contribution in [0.5, 0.6) is 0 Å². The zero-order valence-electron chi connectivity index (χ0n) is 18.2. The van der Waals surface area contributed by atoms with Gasteiger partial charge in [-0.1, -0.05) is 18.9 Å². The van der Waals surface area contributed by atoms with Crippen LogP contribution in [0, 0.1) is 0 Å². The average molecular weight is 476 g/mol. The van der Waals surface area contributed by atoms with Gasteiger partial charge in [-0.2, -0.15) is 4.31 Å². The Bertz CT molecular complexity index is 1070. The minimum Gasteiger partial charge on any atom is -0.354 e. The van der Waals surface area contributed by atoms with Crippen LogP contribution >= 0.6 is 11.3 Å². The van der Waals surface area contributed by atoms with Crippen LogP contribution in [0.4, 0.5) is 5.69 Å². The third-order valence-electron chi connectivity index (χ3n) is 6.13. The summed E-state index contributed by atoms with van der Waals surface area (Å²) >= 11 is 1.64. The molecule has 7 nitrogen and oxygen atoms in total. The van der Waals surface area contributed by atoms with Gasteiger partial charge in [-0.3, -0.25) is 14.5 Å². The lowest BCUT2D eigenvalue weighted by atomic mass is 10.1. The number of nitrogens with one attached hydrogen (secondary N) is 1. The fourth-order valence-corrected chi connectivity index (χ4v) is 6.78. The molecule has 3 heterocycles. The molecular weight excluding hydrogens is 446 g/mol. The quantitative estimate of drug-likeness (QED) is 0.696. The van der Waals surface area contributed by atoms with E-state index in [-0.39, 0.29) is 16.7 Å². The number of amides is 2. The summed E-state index contributed by atoms with van der Waals surface area (Å²) < 4.78 is 27.9. The van der Waals surface area contributed by atoms with Crippen molar-refractivity contribution >= 4 is 38.9 Å². The number of rotatable bonds is 6. The molecule has 4 rings (SSSR count). The highest BCUT2D eigenvalue weighted by Gasteiger charge is 2.38. The Morgan fingerprint density at radius 3 is 2.53 bits per heavy atom. The van der Waals surface area contributed by atoms with Gasteiger partial charge in [0, 0.05) is 43.5 Å². The molecule has 2 aromatic rings. The fraction of sp³-hybridized carbons (Fsp3) is 0.478. The molecule has 172 valence electrons. The number of nitrogens with zero attached hydrogens (tertiary/aromatic N) is 2. The summed E-state index contributed by atoms with van der Waals surface area (Å²) in [6, 6.07) is 8.21. The third-order valence-corrected chi connectivity index (χ3v) is 8.96. The van der Waals surface area contributed by atoms with Crippen LogP contribution in [0.25, 0.3) is 0 Å². The van der Waals surface area contributed by atoms with E-state index in [1.807, 2.05) is 17.5 Å². The number of sulfonamides is 1. The normalized spacial score (nSPS) is 19.4. The summed E-state index contributed by atoms with van der Waals surface area (Å²) in [7, 11) is -3.59. The molecule has 1 fully saturated rings. The Hall–Kier alpha value is -2.23. The van der Waals surface area contributed by atoms with E-state index in [1.165, 1.54) is 16.7 Å². The van der Waals surface area contributed by atoms with E-state index in [9.17, 15) is 18.0 Å². The summed E-state index contributed by atoms with van der Waals surface area (Å²) in [5.41, 5.74) is 1.33. The predicted molar refractivity (Wildman–Crippen MR) is 125 cm³/mol. The Morgan fingerprint density at radius 2 is 1.88 bits per heavy atom. The maximum atomic E-state index is 13.2. The Labute approximate surface area is 193 Å². The third kappa shape index (κ3) is 4.74. The van der Waals surface area contributed by atoms with E-state index in [4.69, 9.17) is 0 Å². The highest BCUT2D eigenvalue weighted by molar-refractivity contribution is 7.89. The van der Waals surface area contributed by atoms with Crippen molar-refractivity contribution in [2.45, 2.75) is 56.4 Å². The topological polar surface area (TPSA) is 86.8 Å². The van der Waals surface area contributed by atoms with Crippen LogP contribution in [0.3, 0.4) is 0 Å². The maximum Gasteiger partial charge on any atom is 0.243 e. The van der Waals surface area contributed by atoms with E-state index >= 15 is 0 Å². The van der Waals surface area contributed by atoms with Gasteiger partial charge in [0.05, 0.1) is 4.90 Å². The largest absolute Gasteiger partial charge is 0.354 e. The number of hydrogen-bond donors (Lipinski definition) is 1. The Kier molecular flexibility index (Phi) is 6.97. The second-order valence-corrected chi connectivity index (χ2v) is 11.3. The highest BCUT2D eigenvalue weighted by Crippen LogP contribution is 2.35. The lowest BCUT2D eigenvalue weighted by Gasteiger charge is -2.23. The van der Waals surface area contributed by atoms with Crippen molar-refractivity contribution < 1.29 is 18.0 Å². The number of carbonyl (C=O) groups excluding carboxylic acids is 2. The number of hydrogen-bond acceptors (Lipinski definition) is 5. The standard InChI is InChI=1S/C23H29N3O4S2/c1-17(27)26-21-9-8-20(32(29,30)25-12-4-2-3-5-13-25)15-18(21)16-22(26)23(28)24-11-10-19-7-6-14-31-19/h6-9,14-15,22H,2-5,10-13,16H2,1H3,(H,24,28)/t22-/m1/s1. The van der Waals surface area contributed by atoms with Crippen molar-refractivity contribution in [3.63, 3.8) is 0 Å². The van der Waals surface area contributed by atoms with Crippen LogP contribution in [-0.4, -0.2) is 50.2 Å².